The van der Waals surface area contributed by atoms with E-state index >= 15 is 0 Å². The minimum atomic E-state index is 0.734. The molecule has 0 aliphatic heterocycles. The van der Waals surface area contributed by atoms with Gasteiger partial charge < -0.3 is 0 Å². The highest BCUT2D eigenvalue weighted by molar-refractivity contribution is 7.15. The Bertz CT molecular complexity index is 532. The zero-order valence-electron chi connectivity index (χ0n) is 9.32. The lowest BCUT2D eigenvalue weighted by Crippen LogP contribution is -1.83. The van der Waals surface area contributed by atoms with Crippen molar-refractivity contribution >= 4 is 11.3 Å². The van der Waals surface area contributed by atoms with Gasteiger partial charge in [0.25, 0.3) is 0 Å². The second kappa shape index (κ2) is 4.46. The van der Waals surface area contributed by atoms with Crippen molar-refractivity contribution in [2.75, 3.05) is 0 Å². The zero-order chi connectivity index (χ0) is 11.5. The average Bonchev–Trinajstić information content (AvgIpc) is 2.73. The topological polar surface area (TPSA) is 36.7 Å². The largest absolute Gasteiger partial charge is 0.240 e. The number of hydrogen-bond acceptors (Lipinski definition) is 3. The number of thiazole rings is 1. The van der Waals surface area contributed by atoms with Gasteiger partial charge in [-0.15, -0.1) is 11.3 Å². The van der Waals surface area contributed by atoms with E-state index < -0.39 is 0 Å². The highest BCUT2D eigenvalue weighted by Crippen LogP contribution is 2.28. The van der Waals surface area contributed by atoms with E-state index in [1.807, 2.05) is 6.92 Å². The summed E-state index contributed by atoms with van der Waals surface area (Å²) in [5.74, 6) is 0. The number of nitrogens with zero attached hydrogens (tertiary/aromatic N) is 2. The Morgan fingerprint density at radius 3 is 2.50 bits per heavy atom. The summed E-state index contributed by atoms with van der Waals surface area (Å²) in [5.41, 5.74) is 3.23. The van der Waals surface area contributed by atoms with Crippen LogP contribution in [0.4, 0.5) is 0 Å². The normalized spacial score (nSPS) is 10.1. The van der Waals surface area contributed by atoms with Crippen molar-refractivity contribution in [1.29, 1.82) is 5.26 Å². The molecule has 1 heterocycles. The maximum absolute atomic E-state index is 8.97. The van der Waals surface area contributed by atoms with Crippen LogP contribution < -0.4 is 0 Å². The Morgan fingerprint density at radius 2 is 2.00 bits per heavy atom. The van der Waals surface area contributed by atoms with Crippen LogP contribution in [0.25, 0.3) is 10.6 Å². The fourth-order valence-electron chi connectivity index (χ4n) is 1.50. The van der Waals surface area contributed by atoms with Gasteiger partial charge in [-0.25, -0.2) is 4.98 Å². The van der Waals surface area contributed by atoms with E-state index in [9.17, 15) is 0 Å². The molecule has 16 heavy (non-hydrogen) atoms. The predicted molar refractivity (Wildman–Crippen MR) is 66.4 cm³/mol. The molecule has 0 unspecified atom stereocenters. The van der Waals surface area contributed by atoms with Crippen LogP contribution in [0, 0.1) is 18.3 Å². The minimum absolute atomic E-state index is 0.734. The molecule has 0 radical (unpaired) electrons. The SMILES string of the molecule is CCc1nc(-c2ccc(C)cc2)sc1C#N. The van der Waals surface area contributed by atoms with E-state index in [1.165, 1.54) is 16.9 Å². The molecule has 0 saturated carbocycles. The van der Waals surface area contributed by atoms with Crippen LogP contribution in [-0.4, -0.2) is 4.98 Å². The van der Waals surface area contributed by atoms with Gasteiger partial charge in [-0.1, -0.05) is 36.8 Å². The smallest absolute Gasteiger partial charge is 0.128 e. The van der Waals surface area contributed by atoms with Gasteiger partial charge in [-0.05, 0) is 13.3 Å². The minimum Gasteiger partial charge on any atom is -0.240 e. The Morgan fingerprint density at radius 1 is 1.31 bits per heavy atom. The van der Waals surface area contributed by atoms with Crippen LogP contribution in [-0.2, 0) is 6.42 Å². The lowest BCUT2D eigenvalue weighted by atomic mass is 10.2. The Labute approximate surface area is 99.2 Å². The third kappa shape index (κ3) is 1.98. The standard InChI is InChI=1S/C13H12N2S/c1-3-11-12(8-14)16-13(15-11)10-6-4-9(2)5-7-10/h4-7H,3H2,1-2H3. The molecule has 80 valence electrons. The third-order valence-electron chi connectivity index (χ3n) is 2.43. The predicted octanol–water partition coefficient (Wildman–Crippen LogP) is 3.55. The van der Waals surface area contributed by atoms with Crippen molar-refractivity contribution in [3.05, 3.63) is 40.4 Å². The van der Waals surface area contributed by atoms with E-state index in [4.69, 9.17) is 5.26 Å². The number of hydrogen-bond donors (Lipinski definition) is 0. The molecule has 0 atom stereocenters. The van der Waals surface area contributed by atoms with E-state index in [-0.39, 0.29) is 0 Å². The van der Waals surface area contributed by atoms with Crippen molar-refractivity contribution in [2.45, 2.75) is 20.3 Å². The molecule has 0 aliphatic rings. The maximum Gasteiger partial charge on any atom is 0.128 e. The molecule has 0 saturated heterocycles. The first-order valence-corrected chi connectivity index (χ1v) is 6.03. The Balaban J connectivity index is 2.45. The fourth-order valence-corrected chi connectivity index (χ4v) is 2.45. The van der Waals surface area contributed by atoms with Gasteiger partial charge in [-0.2, -0.15) is 5.26 Å². The molecule has 2 nitrogen and oxygen atoms in total. The molecule has 0 fully saturated rings. The molecule has 0 N–H and O–H groups in total. The summed E-state index contributed by atoms with van der Waals surface area (Å²) in [6.07, 6.45) is 0.811. The lowest BCUT2D eigenvalue weighted by molar-refractivity contribution is 1.06. The second-order valence-electron chi connectivity index (χ2n) is 3.63. The van der Waals surface area contributed by atoms with Gasteiger partial charge in [0.1, 0.15) is 16.0 Å². The molecule has 0 spiro atoms. The van der Waals surface area contributed by atoms with E-state index in [1.54, 1.807) is 0 Å². The van der Waals surface area contributed by atoms with Crippen molar-refractivity contribution in [3.63, 3.8) is 0 Å². The number of aromatic nitrogens is 1. The van der Waals surface area contributed by atoms with Crippen LogP contribution in [0.1, 0.15) is 23.1 Å². The monoisotopic (exact) mass is 228 g/mol. The highest BCUT2D eigenvalue weighted by atomic mass is 32.1. The summed E-state index contributed by atoms with van der Waals surface area (Å²) < 4.78 is 0. The number of aryl methyl sites for hydroxylation is 2. The number of rotatable bonds is 2. The highest BCUT2D eigenvalue weighted by Gasteiger charge is 2.10. The molecular formula is C13H12N2S. The van der Waals surface area contributed by atoms with Crippen LogP contribution in [0.15, 0.2) is 24.3 Å². The van der Waals surface area contributed by atoms with Crippen molar-refractivity contribution in [2.24, 2.45) is 0 Å². The summed E-state index contributed by atoms with van der Waals surface area (Å²) >= 11 is 1.47. The molecule has 0 amide bonds. The molecule has 0 bridgehead atoms. The van der Waals surface area contributed by atoms with Crippen LogP contribution in [0.5, 0.6) is 0 Å². The molecule has 2 aromatic rings. The fraction of sp³-hybridized carbons (Fsp3) is 0.231. The molecular weight excluding hydrogens is 216 g/mol. The van der Waals surface area contributed by atoms with Gasteiger partial charge in [0.15, 0.2) is 0 Å². The number of nitriles is 1. The summed E-state index contributed by atoms with van der Waals surface area (Å²) in [4.78, 5) is 5.23. The summed E-state index contributed by atoms with van der Waals surface area (Å²) in [6.45, 7) is 4.08. The van der Waals surface area contributed by atoms with Crippen molar-refractivity contribution in [1.82, 2.24) is 4.98 Å². The average molecular weight is 228 g/mol. The van der Waals surface area contributed by atoms with E-state index in [2.05, 4.69) is 42.2 Å². The third-order valence-corrected chi connectivity index (χ3v) is 3.48. The molecule has 0 aliphatic carbocycles. The van der Waals surface area contributed by atoms with Crippen molar-refractivity contribution in [3.8, 4) is 16.6 Å². The van der Waals surface area contributed by atoms with Gasteiger partial charge in [0.2, 0.25) is 0 Å². The molecule has 1 aromatic heterocycles. The second-order valence-corrected chi connectivity index (χ2v) is 4.63. The van der Waals surface area contributed by atoms with Gasteiger partial charge in [0.05, 0.1) is 5.69 Å². The first kappa shape index (κ1) is 10.8. The van der Waals surface area contributed by atoms with Crippen LogP contribution >= 0.6 is 11.3 Å². The zero-order valence-corrected chi connectivity index (χ0v) is 10.1. The van der Waals surface area contributed by atoms with E-state index in [0.29, 0.717) is 0 Å². The Kier molecular flexibility index (Phi) is 3.02. The first-order valence-electron chi connectivity index (χ1n) is 5.21. The first-order chi connectivity index (χ1) is 7.74. The van der Waals surface area contributed by atoms with Gasteiger partial charge in [0, 0.05) is 5.56 Å². The van der Waals surface area contributed by atoms with Gasteiger partial charge in [-0.3, -0.25) is 0 Å². The Hall–Kier alpha value is -1.66. The lowest BCUT2D eigenvalue weighted by Gasteiger charge is -1.96. The summed E-state index contributed by atoms with van der Waals surface area (Å²) in [5, 5.41) is 9.91. The molecule has 1 aromatic carbocycles. The number of benzene rings is 1. The quantitative estimate of drug-likeness (QED) is 0.788. The van der Waals surface area contributed by atoms with Crippen LogP contribution in [0.3, 0.4) is 0 Å². The molecule has 2 rings (SSSR count). The summed E-state index contributed by atoms with van der Waals surface area (Å²) in [6, 6.07) is 10.4. The summed E-state index contributed by atoms with van der Waals surface area (Å²) in [7, 11) is 0. The molecule has 3 heteroatoms. The van der Waals surface area contributed by atoms with Crippen LogP contribution in [0.2, 0.25) is 0 Å². The maximum atomic E-state index is 8.97. The van der Waals surface area contributed by atoms with Gasteiger partial charge >= 0.3 is 0 Å². The van der Waals surface area contributed by atoms with E-state index in [0.717, 1.165) is 27.6 Å². The van der Waals surface area contributed by atoms with Crippen molar-refractivity contribution < 1.29 is 0 Å².